The van der Waals surface area contributed by atoms with Gasteiger partial charge in [-0.05, 0) is 25.7 Å². The van der Waals surface area contributed by atoms with Gasteiger partial charge in [-0.2, -0.15) is 0 Å². The molecule has 0 aromatic carbocycles. The summed E-state index contributed by atoms with van der Waals surface area (Å²) in [5.74, 6) is 9.63. The van der Waals surface area contributed by atoms with Crippen molar-refractivity contribution in [1.82, 2.24) is 0 Å². The molecular weight excluding hydrogens is 327 g/mol. The van der Waals surface area contributed by atoms with Crippen LogP contribution in [0.15, 0.2) is 0 Å². The largest absolute Gasteiger partial charge is 0.519 e. The van der Waals surface area contributed by atoms with Crippen LogP contribution >= 0.6 is 23.2 Å². The SMILES string of the molecule is CC(O)C#CC#CC(C)O.O=C(OCCl)OC(=O)OCCl. The highest BCUT2D eigenvalue weighted by atomic mass is 35.5. The first-order valence-corrected chi connectivity index (χ1v) is 6.40. The lowest BCUT2D eigenvalue weighted by Crippen LogP contribution is -2.13. The number of aliphatic hydroxyl groups excluding tert-OH is 2. The summed E-state index contributed by atoms with van der Waals surface area (Å²) >= 11 is 9.91. The number of alkyl halides is 2. The van der Waals surface area contributed by atoms with Gasteiger partial charge in [-0.15, -0.1) is 0 Å². The van der Waals surface area contributed by atoms with E-state index in [1.807, 2.05) is 0 Å². The van der Waals surface area contributed by atoms with Crippen molar-refractivity contribution < 1.29 is 34.0 Å². The number of hydrogen-bond donors (Lipinski definition) is 2. The Morgan fingerprint density at radius 1 is 0.952 bits per heavy atom. The van der Waals surface area contributed by atoms with Crippen molar-refractivity contribution in [2.45, 2.75) is 26.1 Å². The molecule has 0 aromatic rings. The molecule has 7 nitrogen and oxygen atoms in total. The Morgan fingerprint density at radius 2 is 1.29 bits per heavy atom. The molecule has 0 fully saturated rings. The summed E-state index contributed by atoms with van der Waals surface area (Å²) in [6.45, 7) is 3.11. The highest BCUT2D eigenvalue weighted by Crippen LogP contribution is 1.92. The summed E-state index contributed by atoms with van der Waals surface area (Å²) in [6, 6.07) is -0.792. The zero-order valence-electron chi connectivity index (χ0n) is 11.3. The Hall–Kier alpha value is -1.64. The normalized spacial score (nSPS) is 11.0. The second-order valence-corrected chi connectivity index (χ2v) is 3.44. The third kappa shape index (κ3) is 20.8. The standard InChI is InChI=1S/C8H10O2.C4H4Cl2O5/c1-7(9)5-3-4-6-8(2)10;5-1-9-3(7)11-4(8)10-2-6/h7-10H,1-2H3;1-2H2. The van der Waals surface area contributed by atoms with Gasteiger partial charge in [0.25, 0.3) is 0 Å². The Balaban J connectivity index is 0. The van der Waals surface area contributed by atoms with Gasteiger partial charge in [0.2, 0.25) is 0 Å². The smallest absolute Gasteiger partial charge is 0.418 e. The molecule has 0 aliphatic carbocycles. The molecule has 0 saturated heterocycles. The quantitative estimate of drug-likeness (QED) is 0.339. The van der Waals surface area contributed by atoms with Gasteiger partial charge in [-0.25, -0.2) is 9.59 Å². The van der Waals surface area contributed by atoms with E-state index in [2.05, 4.69) is 37.9 Å². The first-order chi connectivity index (χ1) is 9.83. The van der Waals surface area contributed by atoms with Crippen LogP contribution in [0.25, 0.3) is 0 Å². The first kappa shape index (κ1) is 21.7. The minimum absolute atomic E-state index is 0.396. The van der Waals surface area contributed by atoms with Crippen LogP contribution in [0.5, 0.6) is 0 Å². The van der Waals surface area contributed by atoms with Crippen LogP contribution < -0.4 is 0 Å². The van der Waals surface area contributed by atoms with Crippen molar-refractivity contribution in [3.05, 3.63) is 0 Å². The van der Waals surface area contributed by atoms with Gasteiger partial charge < -0.3 is 24.4 Å². The molecule has 0 rings (SSSR count). The molecular formula is C12H14Cl2O7. The average molecular weight is 341 g/mol. The van der Waals surface area contributed by atoms with Gasteiger partial charge in [0.05, 0.1) is 0 Å². The Kier molecular flexibility index (Phi) is 15.2. The molecule has 0 spiro atoms. The van der Waals surface area contributed by atoms with E-state index in [-0.39, 0.29) is 0 Å². The fourth-order valence-electron chi connectivity index (χ4n) is 0.497. The van der Waals surface area contributed by atoms with Gasteiger partial charge >= 0.3 is 12.3 Å². The number of aliphatic hydroxyl groups is 2. The Labute approximate surface area is 132 Å². The minimum Gasteiger partial charge on any atom is -0.418 e. The van der Waals surface area contributed by atoms with Crippen LogP contribution in [0.2, 0.25) is 0 Å². The van der Waals surface area contributed by atoms with Crippen molar-refractivity contribution in [2.75, 3.05) is 12.1 Å². The highest BCUT2D eigenvalue weighted by molar-refractivity contribution is 6.17. The summed E-state index contributed by atoms with van der Waals surface area (Å²) < 4.78 is 11.9. The number of hydrogen-bond acceptors (Lipinski definition) is 7. The first-order valence-electron chi connectivity index (χ1n) is 5.34. The topological polar surface area (TPSA) is 102 Å². The van der Waals surface area contributed by atoms with Gasteiger partial charge in [0.1, 0.15) is 12.2 Å². The zero-order valence-corrected chi connectivity index (χ0v) is 12.8. The molecule has 9 heteroatoms. The van der Waals surface area contributed by atoms with Crippen molar-refractivity contribution in [3.63, 3.8) is 0 Å². The van der Waals surface area contributed by atoms with Crippen LogP contribution in [-0.2, 0) is 14.2 Å². The maximum atomic E-state index is 10.3. The third-order valence-electron chi connectivity index (χ3n) is 1.14. The van der Waals surface area contributed by atoms with E-state index in [1.54, 1.807) is 13.8 Å². The van der Waals surface area contributed by atoms with E-state index in [1.165, 1.54) is 0 Å². The molecule has 2 atom stereocenters. The molecule has 0 bridgehead atoms. The molecule has 0 aliphatic rings. The van der Waals surface area contributed by atoms with Crippen LogP contribution in [0, 0.1) is 23.7 Å². The third-order valence-corrected chi connectivity index (χ3v) is 1.35. The highest BCUT2D eigenvalue weighted by Gasteiger charge is 2.11. The summed E-state index contributed by atoms with van der Waals surface area (Å²) in [6.07, 6.45) is -3.75. The van der Waals surface area contributed by atoms with E-state index in [9.17, 15) is 9.59 Å². The minimum atomic E-state index is -1.23. The predicted molar refractivity (Wildman–Crippen MR) is 74.4 cm³/mol. The van der Waals surface area contributed by atoms with Gasteiger partial charge in [-0.3, -0.25) is 0 Å². The molecule has 0 aliphatic heterocycles. The van der Waals surface area contributed by atoms with Crippen LogP contribution in [0.4, 0.5) is 9.59 Å². The van der Waals surface area contributed by atoms with Crippen molar-refractivity contribution in [2.24, 2.45) is 0 Å². The molecule has 118 valence electrons. The Bertz CT molecular complexity index is 386. The Morgan fingerprint density at radius 3 is 1.52 bits per heavy atom. The molecule has 2 N–H and O–H groups in total. The number of carbonyl (C=O) groups excluding carboxylic acids is 2. The van der Waals surface area contributed by atoms with E-state index < -0.39 is 36.7 Å². The van der Waals surface area contributed by atoms with E-state index >= 15 is 0 Å². The average Bonchev–Trinajstić information content (AvgIpc) is 2.35. The summed E-state index contributed by atoms with van der Waals surface area (Å²) in [5.41, 5.74) is 0. The number of halogens is 2. The van der Waals surface area contributed by atoms with E-state index in [0.29, 0.717) is 0 Å². The van der Waals surface area contributed by atoms with Crippen molar-refractivity contribution >= 4 is 35.5 Å². The zero-order chi connectivity index (χ0) is 16.7. The maximum absolute atomic E-state index is 10.3. The van der Waals surface area contributed by atoms with Crippen LogP contribution in [0.1, 0.15) is 13.8 Å². The lowest BCUT2D eigenvalue weighted by Gasteiger charge is -1.99. The van der Waals surface area contributed by atoms with Gasteiger partial charge in [-0.1, -0.05) is 35.0 Å². The van der Waals surface area contributed by atoms with Gasteiger partial charge in [0, 0.05) is 0 Å². The van der Waals surface area contributed by atoms with E-state index in [0.717, 1.165) is 0 Å². The molecule has 0 aromatic heterocycles. The van der Waals surface area contributed by atoms with Crippen LogP contribution in [0.3, 0.4) is 0 Å². The molecule has 0 amide bonds. The lowest BCUT2D eigenvalue weighted by atomic mass is 10.4. The number of rotatable bonds is 2. The molecule has 2 unspecified atom stereocenters. The molecule has 0 radical (unpaired) electrons. The second kappa shape index (κ2) is 14.8. The predicted octanol–water partition coefficient (Wildman–Crippen LogP) is 1.42. The second-order valence-electron chi connectivity index (χ2n) is 3.00. The van der Waals surface area contributed by atoms with Gasteiger partial charge in [0.15, 0.2) is 12.1 Å². The molecule has 0 heterocycles. The molecule has 0 saturated carbocycles. The van der Waals surface area contributed by atoms with Crippen LogP contribution in [-0.4, -0.2) is 46.9 Å². The summed E-state index contributed by atoms with van der Waals surface area (Å²) in [4.78, 5) is 20.5. The van der Waals surface area contributed by atoms with Crippen molar-refractivity contribution in [3.8, 4) is 23.7 Å². The number of carbonyl (C=O) groups is 2. The fraction of sp³-hybridized carbons (Fsp3) is 0.500. The van der Waals surface area contributed by atoms with Crippen molar-refractivity contribution in [1.29, 1.82) is 0 Å². The fourth-order valence-corrected chi connectivity index (χ4v) is 0.675. The summed E-state index contributed by atoms with van der Waals surface area (Å²) in [7, 11) is 0. The number of ether oxygens (including phenoxy) is 3. The monoisotopic (exact) mass is 340 g/mol. The lowest BCUT2D eigenvalue weighted by molar-refractivity contribution is 0.0509. The summed E-state index contributed by atoms with van der Waals surface area (Å²) in [5, 5.41) is 17.2. The molecule has 21 heavy (non-hydrogen) atoms. The maximum Gasteiger partial charge on any atom is 0.519 e. The van der Waals surface area contributed by atoms with E-state index in [4.69, 9.17) is 33.4 Å².